The summed E-state index contributed by atoms with van der Waals surface area (Å²) in [6.45, 7) is 2.13. The third kappa shape index (κ3) is 3.85. The van der Waals surface area contributed by atoms with Gasteiger partial charge >= 0.3 is 5.97 Å². The zero-order valence-electron chi connectivity index (χ0n) is 12.0. The van der Waals surface area contributed by atoms with E-state index in [9.17, 15) is 9.59 Å². The monoisotopic (exact) mass is 321 g/mol. The van der Waals surface area contributed by atoms with Crippen molar-refractivity contribution in [2.24, 2.45) is 0 Å². The summed E-state index contributed by atoms with van der Waals surface area (Å²) >= 11 is 6.08. The molecule has 1 atom stereocenters. The van der Waals surface area contributed by atoms with E-state index in [1.165, 1.54) is 6.20 Å². The molecule has 0 spiro atoms. The van der Waals surface area contributed by atoms with Gasteiger partial charge in [-0.05, 0) is 18.1 Å². The Morgan fingerprint density at radius 2 is 2.14 bits per heavy atom. The molecule has 1 aromatic carbocycles. The molecular weight excluding hydrogens is 306 g/mol. The van der Waals surface area contributed by atoms with Crippen molar-refractivity contribution in [3.05, 3.63) is 52.8 Å². The van der Waals surface area contributed by atoms with Gasteiger partial charge in [0.15, 0.2) is 0 Å². The Labute approximate surface area is 132 Å². The van der Waals surface area contributed by atoms with E-state index in [-0.39, 0.29) is 0 Å². The van der Waals surface area contributed by atoms with Crippen LogP contribution >= 0.6 is 11.6 Å². The molecule has 0 aliphatic heterocycles. The summed E-state index contributed by atoms with van der Waals surface area (Å²) in [6, 6.07) is 6.47. The predicted molar refractivity (Wildman–Crippen MR) is 82.0 cm³/mol. The van der Waals surface area contributed by atoms with Crippen LogP contribution in [0.2, 0.25) is 5.02 Å². The Morgan fingerprint density at radius 1 is 1.41 bits per heavy atom. The molecule has 1 heterocycles. The van der Waals surface area contributed by atoms with Crippen LogP contribution in [-0.2, 0) is 11.3 Å². The van der Waals surface area contributed by atoms with E-state index in [1.807, 2.05) is 18.2 Å². The van der Waals surface area contributed by atoms with E-state index >= 15 is 0 Å². The molecule has 0 radical (unpaired) electrons. The van der Waals surface area contributed by atoms with Gasteiger partial charge in [-0.2, -0.15) is 5.10 Å². The zero-order chi connectivity index (χ0) is 16.1. The van der Waals surface area contributed by atoms with Crippen molar-refractivity contribution in [3.63, 3.8) is 0 Å². The van der Waals surface area contributed by atoms with Crippen LogP contribution in [0, 0.1) is 0 Å². The fourth-order valence-corrected chi connectivity index (χ4v) is 2.14. The molecular formula is C15H16ClN3O3. The summed E-state index contributed by atoms with van der Waals surface area (Å²) in [4.78, 5) is 22.9. The first-order valence-corrected chi connectivity index (χ1v) is 7.18. The Hall–Kier alpha value is -2.34. The average Bonchev–Trinajstić information content (AvgIpc) is 2.95. The van der Waals surface area contributed by atoms with E-state index in [4.69, 9.17) is 16.7 Å². The van der Waals surface area contributed by atoms with Gasteiger partial charge in [0.1, 0.15) is 6.04 Å². The lowest BCUT2D eigenvalue weighted by Crippen LogP contribution is -2.40. The summed E-state index contributed by atoms with van der Waals surface area (Å²) in [6.07, 6.45) is 3.28. The first kappa shape index (κ1) is 16.0. The highest BCUT2D eigenvalue weighted by molar-refractivity contribution is 6.31. The number of halogens is 1. The van der Waals surface area contributed by atoms with Crippen LogP contribution in [0.4, 0.5) is 0 Å². The standard InChI is InChI=1S/C15H16ClN3O3/c1-2-13(15(21)22)18-14(20)11-7-17-19(9-11)8-10-5-3-4-6-12(10)16/h3-7,9,13H,2,8H2,1H3,(H,18,20)(H,21,22). The van der Waals surface area contributed by atoms with Gasteiger partial charge in [-0.25, -0.2) is 4.79 Å². The number of benzene rings is 1. The number of aliphatic carboxylic acids is 1. The second-order valence-electron chi connectivity index (χ2n) is 4.79. The Morgan fingerprint density at radius 3 is 2.77 bits per heavy atom. The van der Waals surface area contributed by atoms with Crippen molar-refractivity contribution in [1.29, 1.82) is 0 Å². The highest BCUT2D eigenvalue weighted by Gasteiger charge is 2.19. The number of rotatable bonds is 6. The lowest BCUT2D eigenvalue weighted by Gasteiger charge is -2.10. The number of carboxylic acids is 1. The van der Waals surface area contributed by atoms with E-state index in [1.54, 1.807) is 23.9 Å². The molecule has 1 unspecified atom stereocenters. The molecule has 2 N–H and O–H groups in total. The number of nitrogens with one attached hydrogen (secondary N) is 1. The van der Waals surface area contributed by atoms with Crippen molar-refractivity contribution in [1.82, 2.24) is 15.1 Å². The molecule has 6 nitrogen and oxygen atoms in total. The molecule has 2 aromatic rings. The van der Waals surface area contributed by atoms with Crippen LogP contribution in [0.3, 0.4) is 0 Å². The minimum absolute atomic E-state index is 0.312. The third-order valence-electron chi connectivity index (χ3n) is 3.20. The largest absolute Gasteiger partial charge is 0.480 e. The number of nitrogens with zero attached hydrogens (tertiary/aromatic N) is 2. The Bertz CT molecular complexity index is 684. The van der Waals surface area contributed by atoms with Gasteiger partial charge in [0.05, 0.1) is 18.3 Å². The minimum atomic E-state index is -1.06. The minimum Gasteiger partial charge on any atom is -0.480 e. The number of aromatic nitrogens is 2. The number of hydrogen-bond donors (Lipinski definition) is 2. The maximum absolute atomic E-state index is 12.0. The summed E-state index contributed by atoms with van der Waals surface area (Å²) in [5.74, 6) is -1.51. The van der Waals surface area contributed by atoms with Gasteiger partial charge in [0.25, 0.3) is 5.91 Å². The highest BCUT2D eigenvalue weighted by Crippen LogP contribution is 2.16. The molecule has 0 bridgehead atoms. The molecule has 0 saturated carbocycles. The maximum atomic E-state index is 12.0. The molecule has 0 saturated heterocycles. The number of carbonyl (C=O) groups excluding carboxylic acids is 1. The summed E-state index contributed by atoms with van der Waals surface area (Å²) in [7, 11) is 0. The Balaban J connectivity index is 2.06. The maximum Gasteiger partial charge on any atom is 0.326 e. The topological polar surface area (TPSA) is 84.2 Å². The second kappa shape index (κ2) is 7.09. The normalized spacial score (nSPS) is 11.9. The average molecular weight is 322 g/mol. The highest BCUT2D eigenvalue weighted by atomic mass is 35.5. The summed E-state index contributed by atoms with van der Waals surface area (Å²) in [5.41, 5.74) is 1.20. The lowest BCUT2D eigenvalue weighted by molar-refractivity contribution is -0.139. The van der Waals surface area contributed by atoms with E-state index < -0.39 is 17.9 Å². The number of amides is 1. The van der Waals surface area contributed by atoms with Gasteiger partial charge in [-0.3, -0.25) is 9.48 Å². The molecule has 1 amide bonds. The van der Waals surface area contributed by atoms with Crippen LogP contribution in [0.25, 0.3) is 0 Å². The molecule has 0 aliphatic rings. The molecule has 22 heavy (non-hydrogen) atoms. The molecule has 1 aromatic heterocycles. The fraction of sp³-hybridized carbons (Fsp3) is 0.267. The van der Waals surface area contributed by atoms with Gasteiger partial charge in [-0.1, -0.05) is 36.7 Å². The van der Waals surface area contributed by atoms with E-state index in [0.717, 1.165) is 5.56 Å². The number of hydrogen-bond acceptors (Lipinski definition) is 3. The van der Waals surface area contributed by atoms with E-state index in [2.05, 4.69) is 10.4 Å². The SMILES string of the molecule is CCC(NC(=O)c1cnn(Cc2ccccc2Cl)c1)C(=O)O. The smallest absolute Gasteiger partial charge is 0.326 e. The van der Waals surface area contributed by atoms with Crippen LogP contribution < -0.4 is 5.32 Å². The number of carboxylic acid groups (broad SMARTS) is 1. The molecule has 7 heteroatoms. The summed E-state index contributed by atoms with van der Waals surface area (Å²) in [5, 5.41) is 16.1. The van der Waals surface area contributed by atoms with Crippen LogP contribution in [0.1, 0.15) is 29.3 Å². The van der Waals surface area contributed by atoms with Crippen molar-refractivity contribution < 1.29 is 14.7 Å². The first-order chi connectivity index (χ1) is 10.5. The third-order valence-corrected chi connectivity index (χ3v) is 3.57. The number of carbonyl (C=O) groups is 2. The lowest BCUT2D eigenvalue weighted by atomic mass is 10.2. The first-order valence-electron chi connectivity index (χ1n) is 6.80. The molecule has 0 fully saturated rings. The van der Waals surface area contributed by atoms with Crippen LogP contribution in [-0.4, -0.2) is 32.8 Å². The van der Waals surface area contributed by atoms with Crippen molar-refractivity contribution in [2.45, 2.75) is 25.9 Å². The molecule has 116 valence electrons. The van der Waals surface area contributed by atoms with Crippen LogP contribution in [0.15, 0.2) is 36.7 Å². The molecule has 0 aliphatic carbocycles. The van der Waals surface area contributed by atoms with Crippen molar-refractivity contribution in [2.75, 3.05) is 0 Å². The Kier molecular flexibility index (Phi) is 5.16. The predicted octanol–water partition coefficient (Wildman–Crippen LogP) is 2.18. The summed E-state index contributed by atoms with van der Waals surface area (Å²) < 4.78 is 1.58. The van der Waals surface area contributed by atoms with Gasteiger partial charge in [0.2, 0.25) is 0 Å². The van der Waals surface area contributed by atoms with Gasteiger partial charge in [0, 0.05) is 11.2 Å². The molecule has 2 rings (SSSR count). The fourth-order valence-electron chi connectivity index (χ4n) is 1.95. The quantitative estimate of drug-likeness (QED) is 0.854. The second-order valence-corrected chi connectivity index (χ2v) is 5.20. The van der Waals surface area contributed by atoms with Crippen LogP contribution in [0.5, 0.6) is 0 Å². The van der Waals surface area contributed by atoms with Gasteiger partial charge in [-0.15, -0.1) is 0 Å². The van der Waals surface area contributed by atoms with Crippen molar-refractivity contribution in [3.8, 4) is 0 Å². The zero-order valence-corrected chi connectivity index (χ0v) is 12.7. The van der Waals surface area contributed by atoms with E-state index in [0.29, 0.717) is 23.6 Å². The van der Waals surface area contributed by atoms with Gasteiger partial charge < -0.3 is 10.4 Å². The van der Waals surface area contributed by atoms with Crippen molar-refractivity contribution >= 4 is 23.5 Å².